The second kappa shape index (κ2) is 6.42. The minimum atomic E-state index is -0.747. The lowest BCUT2D eigenvalue weighted by molar-refractivity contribution is -0.142. The molecule has 0 aromatic carbocycles. The van der Waals surface area contributed by atoms with Gasteiger partial charge in [0.05, 0.1) is 12.0 Å². The number of carbonyl (C=O) groups excluding carboxylic acids is 1. The molecule has 3 rings (SSSR count). The van der Waals surface area contributed by atoms with Crippen molar-refractivity contribution in [1.82, 2.24) is 10.2 Å². The van der Waals surface area contributed by atoms with Gasteiger partial charge in [-0.15, -0.1) is 0 Å². The smallest absolute Gasteiger partial charge is 0.308 e. The molecule has 2 bridgehead atoms. The Kier molecular flexibility index (Phi) is 4.68. The zero-order valence-electron chi connectivity index (χ0n) is 14.5. The molecule has 3 fully saturated rings. The van der Waals surface area contributed by atoms with Crippen molar-refractivity contribution >= 4 is 11.9 Å². The van der Waals surface area contributed by atoms with E-state index in [4.69, 9.17) is 0 Å². The van der Waals surface area contributed by atoms with Crippen LogP contribution >= 0.6 is 0 Å². The van der Waals surface area contributed by atoms with Crippen molar-refractivity contribution in [3.63, 3.8) is 0 Å². The highest BCUT2D eigenvalue weighted by Crippen LogP contribution is 2.49. The van der Waals surface area contributed by atoms with Crippen LogP contribution in [0.4, 0.5) is 0 Å². The quantitative estimate of drug-likeness (QED) is 0.812. The molecule has 1 saturated heterocycles. The fourth-order valence-corrected chi connectivity index (χ4v) is 5.17. The number of rotatable bonds is 5. The third-order valence-corrected chi connectivity index (χ3v) is 6.69. The number of nitrogens with zero attached hydrogens (tertiary/aromatic N) is 1. The van der Waals surface area contributed by atoms with Gasteiger partial charge in [0, 0.05) is 19.1 Å². The Morgan fingerprint density at radius 1 is 1.17 bits per heavy atom. The molecule has 3 aliphatic rings. The van der Waals surface area contributed by atoms with Crippen LogP contribution in [0.3, 0.4) is 0 Å². The van der Waals surface area contributed by atoms with Crippen LogP contribution < -0.4 is 5.32 Å². The van der Waals surface area contributed by atoms with Gasteiger partial charge in [0.2, 0.25) is 5.91 Å². The number of likely N-dealkylation sites (tertiary alicyclic amines) is 1. The van der Waals surface area contributed by atoms with Crippen LogP contribution in [0.25, 0.3) is 0 Å². The molecule has 0 aromatic rings. The fourth-order valence-electron chi connectivity index (χ4n) is 5.17. The molecule has 7 atom stereocenters. The summed E-state index contributed by atoms with van der Waals surface area (Å²) in [7, 11) is 0. The largest absolute Gasteiger partial charge is 0.481 e. The van der Waals surface area contributed by atoms with Crippen LogP contribution in [-0.2, 0) is 9.59 Å². The van der Waals surface area contributed by atoms with Crippen molar-refractivity contribution in [2.24, 2.45) is 29.6 Å². The van der Waals surface area contributed by atoms with E-state index in [2.05, 4.69) is 12.2 Å². The maximum Gasteiger partial charge on any atom is 0.308 e. The van der Waals surface area contributed by atoms with Crippen LogP contribution in [0.5, 0.6) is 0 Å². The molecule has 130 valence electrons. The second-order valence-corrected chi connectivity index (χ2v) is 8.19. The molecule has 23 heavy (non-hydrogen) atoms. The molecule has 1 heterocycles. The van der Waals surface area contributed by atoms with Gasteiger partial charge in [0.15, 0.2) is 0 Å². The zero-order valence-corrected chi connectivity index (χ0v) is 14.5. The first-order valence-corrected chi connectivity index (χ1v) is 9.14. The summed E-state index contributed by atoms with van der Waals surface area (Å²) in [4.78, 5) is 25.9. The Labute approximate surface area is 138 Å². The highest BCUT2D eigenvalue weighted by atomic mass is 16.4. The summed E-state index contributed by atoms with van der Waals surface area (Å²) >= 11 is 0. The summed E-state index contributed by atoms with van der Waals surface area (Å²) in [5, 5.41) is 12.5. The van der Waals surface area contributed by atoms with E-state index in [-0.39, 0.29) is 29.8 Å². The topological polar surface area (TPSA) is 69.6 Å². The standard InChI is InChI=1S/C18H30N2O3/c1-10-8-20(9-16(10)18(22)23)12(3)17(21)19-11(2)15-7-13-4-5-14(15)6-13/h10-16H,4-9H2,1-3H3,(H,19,21)(H,22,23)/t10-,11?,12?,13?,14?,15?,16-/m1/s1. The van der Waals surface area contributed by atoms with E-state index in [1.807, 2.05) is 18.7 Å². The summed E-state index contributed by atoms with van der Waals surface area (Å²) in [6.45, 7) is 7.17. The summed E-state index contributed by atoms with van der Waals surface area (Å²) in [6, 6.07) is -0.0154. The average molecular weight is 322 g/mol. The molecule has 1 aliphatic heterocycles. The SMILES string of the molecule is CC(NC(=O)C(C)N1C[C@@H](C)[C@H](C(=O)O)C1)C1CC2CCC1C2. The Bertz CT molecular complexity index is 481. The van der Waals surface area contributed by atoms with Crippen molar-refractivity contribution in [1.29, 1.82) is 0 Å². The maximum atomic E-state index is 12.6. The number of carboxylic acids is 1. The monoisotopic (exact) mass is 322 g/mol. The molecule has 2 saturated carbocycles. The van der Waals surface area contributed by atoms with Crippen molar-refractivity contribution in [2.45, 2.75) is 58.5 Å². The molecule has 1 amide bonds. The Morgan fingerprint density at radius 3 is 2.43 bits per heavy atom. The first-order chi connectivity index (χ1) is 10.9. The molecule has 0 aromatic heterocycles. The Morgan fingerprint density at radius 2 is 1.91 bits per heavy atom. The number of amides is 1. The molecular formula is C18H30N2O3. The average Bonchev–Trinajstić information content (AvgIpc) is 3.20. The summed E-state index contributed by atoms with van der Waals surface area (Å²) < 4.78 is 0. The Hall–Kier alpha value is -1.10. The molecule has 2 aliphatic carbocycles. The van der Waals surface area contributed by atoms with E-state index in [1.165, 1.54) is 25.7 Å². The molecule has 5 heteroatoms. The third kappa shape index (κ3) is 3.25. The van der Waals surface area contributed by atoms with Crippen molar-refractivity contribution in [2.75, 3.05) is 13.1 Å². The molecule has 5 nitrogen and oxygen atoms in total. The van der Waals surface area contributed by atoms with E-state index in [0.717, 1.165) is 11.8 Å². The lowest BCUT2D eigenvalue weighted by atomic mass is 9.84. The van der Waals surface area contributed by atoms with Crippen molar-refractivity contribution in [3.05, 3.63) is 0 Å². The van der Waals surface area contributed by atoms with Gasteiger partial charge in [-0.1, -0.05) is 13.3 Å². The number of hydrogen-bond donors (Lipinski definition) is 2. The minimum absolute atomic E-state index is 0.0542. The summed E-state index contributed by atoms with van der Waals surface area (Å²) in [5.41, 5.74) is 0. The minimum Gasteiger partial charge on any atom is -0.481 e. The second-order valence-electron chi connectivity index (χ2n) is 8.19. The number of carboxylic acid groups (broad SMARTS) is 1. The number of carbonyl (C=O) groups is 2. The van der Waals surface area contributed by atoms with Gasteiger partial charge in [-0.2, -0.15) is 0 Å². The molecular weight excluding hydrogens is 292 g/mol. The van der Waals surface area contributed by atoms with Crippen LogP contribution in [0.1, 0.15) is 46.5 Å². The Balaban J connectivity index is 1.53. The van der Waals surface area contributed by atoms with E-state index in [9.17, 15) is 14.7 Å². The molecule has 0 radical (unpaired) electrons. The van der Waals surface area contributed by atoms with Crippen molar-refractivity contribution in [3.8, 4) is 0 Å². The number of hydrogen-bond acceptors (Lipinski definition) is 3. The molecule has 0 spiro atoms. The van der Waals surface area contributed by atoms with Crippen LogP contribution in [0, 0.1) is 29.6 Å². The number of nitrogens with one attached hydrogen (secondary N) is 1. The van der Waals surface area contributed by atoms with Crippen LogP contribution in [0.2, 0.25) is 0 Å². The molecule has 5 unspecified atom stereocenters. The first kappa shape index (κ1) is 16.7. The van der Waals surface area contributed by atoms with Gasteiger partial charge in [-0.25, -0.2) is 0 Å². The van der Waals surface area contributed by atoms with Gasteiger partial charge >= 0.3 is 5.97 Å². The van der Waals surface area contributed by atoms with Gasteiger partial charge in [-0.05, 0) is 56.8 Å². The highest BCUT2D eigenvalue weighted by Gasteiger charge is 2.43. The van der Waals surface area contributed by atoms with Crippen LogP contribution in [0.15, 0.2) is 0 Å². The summed E-state index contributed by atoms with van der Waals surface area (Å²) in [6.07, 6.45) is 5.32. The predicted octanol–water partition coefficient (Wildman–Crippen LogP) is 1.97. The van der Waals surface area contributed by atoms with E-state index >= 15 is 0 Å². The van der Waals surface area contributed by atoms with Gasteiger partial charge < -0.3 is 10.4 Å². The van der Waals surface area contributed by atoms with Gasteiger partial charge in [0.25, 0.3) is 0 Å². The van der Waals surface area contributed by atoms with E-state index in [0.29, 0.717) is 19.0 Å². The molecule has 2 N–H and O–H groups in total. The summed E-state index contributed by atoms with van der Waals surface area (Å²) in [5.74, 6) is 1.38. The maximum absolute atomic E-state index is 12.6. The van der Waals surface area contributed by atoms with Crippen LogP contribution in [-0.4, -0.2) is 47.1 Å². The lowest BCUT2D eigenvalue weighted by Crippen LogP contribution is -2.49. The third-order valence-electron chi connectivity index (χ3n) is 6.69. The fraction of sp³-hybridized carbons (Fsp3) is 0.889. The van der Waals surface area contributed by atoms with E-state index in [1.54, 1.807) is 0 Å². The van der Waals surface area contributed by atoms with E-state index < -0.39 is 5.97 Å². The first-order valence-electron chi connectivity index (χ1n) is 9.14. The zero-order chi connectivity index (χ0) is 16.7. The number of aliphatic carboxylic acids is 1. The number of fused-ring (bicyclic) bond motifs is 2. The lowest BCUT2D eigenvalue weighted by Gasteiger charge is -2.31. The van der Waals surface area contributed by atoms with Gasteiger partial charge in [0.1, 0.15) is 0 Å². The highest BCUT2D eigenvalue weighted by molar-refractivity contribution is 5.82. The normalized spacial score (nSPS) is 39.3. The predicted molar refractivity (Wildman–Crippen MR) is 87.9 cm³/mol. The van der Waals surface area contributed by atoms with Gasteiger partial charge in [-0.3, -0.25) is 14.5 Å². The van der Waals surface area contributed by atoms with Crippen molar-refractivity contribution < 1.29 is 14.7 Å².